The van der Waals surface area contributed by atoms with Gasteiger partial charge in [0.05, 0.1) is 34.7 Å². The number of benzene rings is 1. The summed E-state index contributed by atoms with van der Waals surface area (Å²) in [4.78, 5) is 12.1. The highest BCUT2D eigenvalue weighted by molar-refractivity contribution is 6.45. The quantitative estimate of drug-likeness (QED) is 0.812. The molecule has 2 rings (SSSR count). The number of hydrogen-bond acceptors (Lipinski definition) is 3. The fraction of sp³-hybridized carbons (Fsp3) is 0.286. The fourth-order valence-electron chi connectivity index (χ4n) is 2.27. The Hall–Kier alpha value is -1.70. The lowest BCUT2D eigenvalue weighted by Crippen LogP contribution is -2.12. The Kier molecular flexibility index (Phi) is 4.22. The molecule has 1 aromatic carbocycles. The molecule has 0 aliphatic rings. The summed E-state index contributed by atoms with van der Waals surface area (Å²) in [5.41, 5.74) is 1.59. The first-order valence-corrected chi connectivity index (χ1v) is 6.77. The summed E-state index contributed by atoms with van der Waals surface area (Å²) in [6.07, 6.45) is 0.101. The molecule has 1 heterocycles. The number of carbonyl (C=O) groups excluding carboxylic acids is 1. The van der Waals surface area contributed by atoms with Crippen molar-refractivity contribution in [2.75, 3.05) is 6.61 Å². The largest absolute Gasteiger partial charge is 0.461 e. The average molecular weight is 311 g/mol. The maximum Gasteiger partial charge on any atom is 0.355 e. The van der Waals surface area contributed by atoms with Crippen molar-refractivity contribution in [1.29, 1.82) is 5.26 Å². The predicted molar refractivity (Wildman–Crippen MR) is 78.2 cm³/mol. The molecule has 6 heteroatoms. The van der Waals surface area contributed by atoms with E-state index < -0.39 is 5.97 Å². The van der Waals surface area contributed by atoms with Crippen molar-refractivity contribution in [2.45, 2.75) is 13.3 Å². The van der Waals surface area contributed by atoms with E-state index in [0.717, 1.165) is 5.39 Å². The topological polar surface area (TPSA) is 55.0 Å². The molecule has 104 valence electrons. The van der Waals surface area contributed by atoms with E-state index in [4.69, 9.17) is 33.2 Å². The summed E-state index contributed by atoms with van der Waals surface area (Å²) in [6.45, 7) is 2.00. The van der Waals surface area contributed by atoms with E-state index in [1.54, 1.807) is 30.7 Å². The van der Waals surface area contributed by atoms with E-state index in [0.29, 0.717) is 26.8 Å². The van der Waals surface area contributed by atoms with Crippen molar-refractivity contribution < 1.29 is 9.53 Å². The Balaban J connectivity index is 2.83. The molecule has 0 amide bonds. The molecule has 0 saturated heterocycles. The van der Waals surface area contributed by atoms with Crippen LogP contribution in [0.3, 0.4) is 0 Å². The minimum atomic E-state index is -0.469. The number of esters is 1. The minimum absolute atomic E-state index is 0.101. The number of aromatic nitrogens is 1. The zero-order chi connectivity index (χ0) is 14.9. The van der Waals surface area contributed by atoms with Crippen LogP contribution in [0.15, 0.2) is 12.1 Å². The normalized spacial score (nSPS) is 10.6. The molecule has 2 aromatic rings. The number of rotatable bonds is 3. The van der Waals surface area contributed by atoms with Crippen molar-refractivity contribution in [3.63, 3.8) is 0 Å². The minimum Gasteiger partial charge on any atom is -0.461 e. The van der Waals surface area contributed by atoms with Gasteiger partial charge >= 0.3 is 5.97 Å². The Morgan fingerprint density at radius 2 is 2.15 bits per heavy atom. The summed E-state index contributed by atoms with van der Waals surface area (Å²) in [6, 6.07) is 5.48. The van der Waals surface area contributed by atoms with Crippen LogP contribution in [0.5, 0.6) is 0 Å². The number of aryl methyl sites for hydroxylation is 1. The van der Waals surface area contributed by atoms with E-state index in [1.165, 1.54) is 0 Å². The van der Waals surface area contributed by atoms with Crippen LogP contribution in [-0.4, -0.2) is 17.1 Å². The summed E-state index contributed by atoms with van der Waals surface area (Å²) < 4.78 is 6.68. The van der Waals surface area contributed by atoms with Gasteiger partial charge in [-0.05, 0) is 13.0 Å². The third-order valence-corrected chi connectivity index (χ3v) is 3.87. The Labute approximate surface area is 126 Å². The van der Waals surface area contributed by atoms with Crippen LogP contribution < -0.4 is 0 Å². The fourth-order valence-corrected chi connectivity index (χ4v) is 2.71. The van der Waals surface area contributed by atoms with Gasteiger partial charge in [-0.25, -0.2) is 4.79 Å². The van der Waals surface area contributed by atoms with E-state index >= 15 is 0 Å². The molecular formula is C14H12Cl2N2O2. The number of carbonyl (C=O) groups is 1. The number of nitrogens with zero attached hydrogens (tertiary/aromatic N) is 2. The van der Waals surface area contributed by atoms with Crippen LogP contribution >= 0.6 is 23.2 Å². The summed E-state index contributed by atoms with van der Waals surface area (Å²) in [5.74, 6) is -0.469. The maximum absolute atomic E-state index is 12.1. The molecule has 4 nitrogen and oxygen atoms in total. The number of halogens is 2. The molecular weight excluding hydrogens is 299 g/mol. The average Bonchev–Trinajstić information content (AvgIpc) is 2.68. The maximum atomic E-state index is 12.1. The summed E-state index contributed by atoms with van der Waals surface area (Å²) in [7, 11) is 1.71. The molecule has 0 spiro atoms. The van der Waals surface area contributed by atoms with Gasteiger partial charge in [-0.3, -0.25) is 0 Å². The van der Waals surface area contributed by atoms with Crippen LogP contribution in [0, 0.1) is 11.3 Å². The van der Waals surface area contributed by atoms with Gasteiger partial charge in [-0.1, -0.05) is 29.3 Å². The lowest BCUT2D eigenvalue weighted by atomic mass is 10.1. The predicted octanol–water partition coefficient (Wildman–Crippen LogP) is 3.73. The van der Waals surface area contributed by atoms with Crippen LogP contribution in [-0.2, 0) is 18.2 Å². The SMILES string of the molecule is CCOC(=O)c1c(CC#N)c2ccc(Cl)c(Cl)c2n1C. The van der Waals surface area contributed by atoms with Gasteiger partial charge in [0.2, 0.25) is 0 Å². The lowest BCUT2D eigenvalue weighted by Gasteiger charge is -2.06. The zero-order valence-electron chi connectivity index (χ0n) is 11.0. The van der Waals surface area contributed by atoms with Gasteiger partial charge in [0, 0.05) is 18.0 Å². The zero-order valence-corrected chi connectivity index (χ0v) is 12.5. The molecule has 0 N–H and O–H groups in total. The lowest BCUT2D eigenvalue weighted by molar-refractivity contribution is 0.0514. The van der Waals surface area contributed by atoms with Crippen molar-refractivity contribution in [3.8, 4) is 6.07 Å². The van der Waals surface area contributed by atoms with Gasteiger partial charge in [0.25, 0.3) is 0 Å². The van der Waals surface area contributed by atoms with Crippen molar-refractivity contribution in [3.05, 3.63) is 33.4 Å². The Bertz CT molecular complexity index is 729. The molecule has 20 heavy (non-hydrogen) atoms. The van der Waals surface area contributed by atoms with E-state index in [2.05, 4.69) is 6.07 Å². The highest BCUT2D eigenvalue weighted by Gasteiger charge is 2.23. The molecule has 0 fully saturated rings. The molecule has 0 saturated carbocycles. The standard InChI is InChI=1S/C14H12Cl2N2O2/c1-3-20-14(19)13-9(6-7-17)8-4-5-10(15)11(16)12(8)18(13)2/h4-5H,3,6H2,1-2H3. The summed E-state index contributed by atoms with van der Waals surface area (Å²) >= 11 is 12.2. The van der Waals surface area contributed by atoms with E-state index in [-0.39, 0.29) is 13.0 Å². The van der Waals surface area contributed by atoms with Gasteiger partial charge in [-0.15, -0.1) is 0 Å². The molecule has 0 unspecified atom stereocenters. The first kappa shape index (κ1) is 14.7. The number of fused-ring (bicyclic) bond motifs is 1. The molecule has 0 bridgehead atoms. The number of nitriles is 1. The highest BCUT2D eigenvalue weighted by atomic mass is 35.5. The summed E-state index contributed by atoms with van der Waals surface area (Å²) in [5, 5.41) is 10.5. The third-order valence-electron chi connectivity index (χ3n) is 3.08. The van der Waals surface area contributed by atoms with E-state index in [1.807, 2.05) is 0 Å². The molecule has 0 aliphatic carbocycles. The molecule has 1 aromatic heterocycles. The van der Waals surface area contributed by atoms with Gasteiger partial charge < -0.3 is 9.30 Å². The van der Waals surface area contributed by atoms with Crippen molar-refractivity contribution in [2.24, 2.45) is 7.05 Å². The van der Waals surface area contributed by atoms with Gasteiger partial charge in [0.1, 0.15) is 5.69 Å². The Morgan fingerprint density at radius 1 is 1.45 bits per heavy atom. The van der Waals surface area contributed by atoms with Crippen molar-refractivity contribution >= 4 is 40.1 Å². The van der Waals surface area contributed by atoms with Crippen LogP contribution in [0.4, 0.5) is 0 Å². The monoisotopic (exact) mass is 310 g/mol. The first-order valence-electron chi connectivity index (χ1n) is 6.02. The van der Waals surface area contributed by atoms with Crippen molar-refractivity contribution in [1.82, 2.24) is 4.57 Å². The van der Waals surface area contributed by atoms with Crippen LogP contribution in [0.2, 0.25) is 10.0 Å². The highest BCUT2D eigenvalue weighted by Crippen LogP contribution is 2.35. The molecule has 0 atom stereocenters. The van der Waals surface area contributed by atoms with E-state index in [9.17, 15) is 4.79 Å². The van der Waals surface area contributed by atoms with Crippen LogP contribution in [0.25, 0.3) is 10.9 Å². The molecule has 0 aliphatic heterocycles. The van der Waals surface area contributed by atoms with Crippen LogP contribution in [0.1, 0.15) is 23.0 Å². The third kappa shape index (κ3) is 2.24. The number of hydrogen-bond donors (Lipinski definition) is 0. The smallest absolute Gasteiger partial charge is 0.355 e. The number of ether oxygens (including phenoxy) is 1. The second-order valence-corrected chi connectivity index (χ2v) is 4.98. The van der Waals surface area contributed by atoms with Gasteiger partial charge in [0.15, 0.2) is 0 Å². The second kappa shape index (κ2) is 5.74. The molecule has 0 radical (unpaired) electrons. The van der Waals surface area contributed by atoms with Gasteiger partial charge in [-0.2, -0.15) is 5.26 Å². The Morgan fingerprint density at radius 3 is 2.75 bits per heavy atom. The first-order chi connectivity index (χ1) is 9.52. The second-order valence-electron chi connectivity index (χ2n) is 4.20.